The molecule has 1 fully saturated rings. The van der Waals surface area contributed by atoms with Gasteiger partial charge in [-0.3, -0.25) is 4.79 Å². The fraction of sp³-hybridized carbons (Fsp3) is 0.818. The number of rotatable bonds is 5. The van der Waals surface area contributed by atoms with Crippen molar-refractivity contribution in [2.24, 2.45) is 17.6 Å². The van der Waals surface area contributed by atoms with E-state index in [1.807, 2.05) is 13.8 Å². The Morgan fingerprint density at radius 3 is 2.53 bits per heavy atom. The van der Waals surface area contributed by atoms with Crippen LogP contribution in [0, 0.1) is 11.8 Å². The van der Waals surface area contributed by atoms with Gasteiger partial charge >= 0.3 is 5.97 Å². The maximum atomic E-state index is 12.0. The van der Waals surface area contributed by atoms with Gasteiger partial charge in [0.25, 0.3) is 0 Å². The van der Waals surface area contributed by atoms with Gasteiger partial charge in [0.1, 0.15) is 0 Å². The van der Waals surface area contributed by atoms with Gasteiger partial charge in [0.15, 0.2) is 5.54 Å². The van der Waals surface area contributed by atoms with Gasteiger partial charge in [-0.1, -0.05) is 13.8 Å². The number of aliphatic carboxylic acids is 1. The fourth-order valence-corrected chi connectivity index (χ4v) is 1.90. The van der Waals surface area contributed by atoms with E-state index >= 15 is 0 Å². The second kappa shape index (κ2) is 5.46. The molecule has 6 nitrogen and oxygen atoms in total. The lowest BCUT2D eigenvalue weighted by Crippen LogP contribution is -2.57. The number of nitrogens with one attached hydrogen (secondary N) is 1. The SMILES string of the molecule is CC(C)C(CN)C(=O)NC1(C(=O)O)CCOC1. The molecule has 4 N–H and O–H groups in total. The van der Waals surface area contributed by atoms with Crippen LogP contribution >= 0.6 is 0 Å². The van der Waals surface area contributed by atoms with Crippen LogP contribution in [0.5, 0.6) is 0 Å². The summed E-state index contributed by atoms with van der Waals surface area (Å²) in [5, 5.41) is 11.8. The van der Waals surface area contributed by atoms with Gasteiger partial charge in [-0.25, -0.2) is 4.79 Å². The molecule has 0 saturated carbocycles. The molecule has 2 unspecified atom stereocenters. The van der Waals surface area contributed by atoms with Crippen molar-refractivity contribution in [1.29, 1.82) is 0 Å². The Balaban J connectivity index is 2.74. The van der Waals surface area contributed by atoms with Gasteiger partial charge < -0.3 is 20.9 Å². The highest BCUT2D eigenvalue weighted by Gasteiger charge is 2.44. The lowest BCUT2D eigenvalue weighted by Gasteiger charge is -2.27. The molecule has 1 aliphatic rings. The average molecular weight is 244 g/mol. The predicted octanol–water partition coefficient (Wildman–Crippen LogP) is -0.423. The van der Waals surface area contributed by atoms with Crippen molar-refractivity contribution in [2.75, 3.05) is 19.8 Å². The summed E-state index contributed by atoms with van der Waals surface area (Å²) in [7, 11) is 0. The van der Waals surface area contributed by atoms with E-state index < -0.39 is 11.5 Å². The van der Waals surface area contributed by atoms with Crippen LogP contribution < -0.4 is 11.1 Å². The minimum absolute atomic E-state index is 0.0173. The molecule has 0 aromatic carbocycles. The van der Waals surface area contributed by atoms with Crippen LogP contribution in [-0.4, -0.2) is 42.3 Å². The van der Waals surface area contributed by atoms with Gasteiger partial charge in [-0.2, -0.15) is 0 Å². The summed E-state index contributed by atoms with van der Waals surface area (Å²) >= 11 is 0. The molecule has 1 heterocycles. The zero-order valence-electron chi connectivity index (χ0n) is 10.2. The molecule has 0 spiro atoms. The average Bonchev–Trinajstić information content (AvgIpc) is 2.67. The molecule has 98 valence electrons. The fourth-order valence-electron chi connectivity index (χ4n) is 1.90. The van der Waals surface area contributed by atoms with E-state index in [1.165, 1.54) is 0 Å². The van der Waals surface area contributed by atoms with E-state index in [1.54, 1.807) is 0 Å². The van der Waals surface area contributed by atoms with Crippen LogP contribution in [0.3, 0.4) is 0 Å². The van der Waals surface area contributed by atoms with Gasteiger partial charge in [-0.05, 0) is 5.92 Å². The normalized spacial score (nSPS) is 25.9. The smallest absolute Gasteiger partial charge is 0.331 e. The lowest BCUT2D eigenvalue weighted by atomic mass is 9.92. The maximum absolute atomic E-state index is 12.0. The molecule has 0 radical (unpaired) electrons. The second-order valence-corrected chi connectivity index (χ2v) is 4.77. The van der Waals surface area contributed by atoms with Gasteiger partial charge in [0.2, 0.25) is 5.91 Å². The number of hydrogen-bond acceptors (Lipinski definition) is 4. The van der Waals surface area contributed by atoms with Gasteiger partial charge in [-0.15, -0.1) is 0 Å². The molecule has 6 heteroatoms. The van der Waals surface area contributed by atoms with Crippen molar-refractivity contribution in [3.8, 4) is 0 Å². The zero-order chi connectivity index (χ0) is 13.1. The molecule has 1 saturated heterocycles. The highest BCUT2D eigenvalue weighted by molar-refractivity contribution is 5.88. The van der Waals surface area contributed by atoms with Crippen molar-refractivity contribution < 1.29 is 19.4 Å². The number of carboxylic acids is 1. The third kappa shape index (κ3) is 2.95. The van der Waals surface area contributed by atoms with E-state index in [4.69, 9.17) is 10.5 Å². The summed E-state index contributed by atoms with van der Waals surface area (Å²) in [6, 6.07) is 0. The van der Waals surface area contributed by atoms with Crippen LogP contribution in [0.15, 0.2) is 0 Å². The van der Waals surface area contributed by atoms with E-state index in [9.17, 15) is 14.7 Å². The largest absolute Gasteiger partial charge is 0.479 e. The van der Waals surface area contributed by atoms with Crippen LogP contribution in [0.1, 0.15) is 20.3 Å². The Labute approximate surface area is 101 Å². The Kier molecular flexibility index (Phi) is 4.47. The maximum Gasteiger partial charge on any atom is 0.331 e. The first kappa shape index (κ1) is 13.9. The molecule has 2 atom stereocenters. The molecule has 17 heavy (non-hydrogen) atoms. The van der Waals surface area contributed by atoms with Crippen molar-refractivity contribution in [1.82, 2.24) is 5.32 Å². The summed E-state index contributed by atoms with van der Waals surface area (Å²) in [6.45, 7) is 4.34. The van der Waals surface area contributed by atoms with Gasteiger partial charge in [0, 0.05) is 19.6 Å². The molecule has 0 aromatic rings. The minimum Gasteiger partial charge on any atom is -0.479 e. The first-order chi connectivity index (χ1) is 7.93. The van der Waals surface area contributed by atoms with Crippen molar-refractivity contribution >= 4 is 11.9 Å². The predicted molar refractivity (Wildman–Crippen MR) is 61.3 cm³/mol. The Morgan fingerprint density at radius 1 is 1.53 bits per heavy atom. The molecule has 0 bridgehead atoms. The van der Waals surface area contributed by atoms with Gasteiger partial charge in [0.05, 0.1) is 12.5 Å². The Morgan fingerprint density at radius 2 is 2.18 bits per heavy atom. The molecule has 0 aromatic heterocycles. The van der Waals surface area contributed by atoms with Crippen LogP contribution in [0.2, 0.25) is 0 Å². The first-order valence-electron chi connectivity index (χ1n) is 5.76. The van der Waals surface area contributed by atoms with Crippen LogP contribution in [-0.2, 0) is 14.3 Å². The first-order valence-corrected chi connectivity index (χ1v) is 5.76. The second-order valence-electron chi connectivity index (χ2n) is 4.77. The highest BCUT2D eigenvalue weighted by atomic mass is 16.5. The third-order valence-electron chi connectivity index (χ3n) is 3.19. The molecular formula is C11H20N2O4. The highest BCUT2D eigenvalue weighted by Crippen LogP contribution is 2.20. The topological polar surface area (TPSA) is 102 Å². The number of hydrogen-bond donors (Lipinski definition) is 3. The minimum atomic E-state index is -1.28. The number of amides is 1. The van der Waals surface area contributed by atoms with Crippen molar-refractivity contribution in [2.45, 2.75) is 25.8 Å². The van der Waals surface area contributed by atoms with Crippen LogP contribution in [0.25, 0.3) is 0 Å². The summed E-state index contributed by atoms with van der Waals surface area (Å²) in [6.07, 6.45) is 0.295. The zero-order valence-corrected chi connectivity index (χ0v) is 10.2. The Hall–Kier alpha value is -1.14. The van der Waals surface area contributed by atoms with Crippen molar-refractivity contribution in [3.63, 3.8) is 0 Å². The van der Waals surface area contributed by atoms with E-state index in [-0.39, 0.29) is 30.9 Å². The number of ether oxygens (including phenoxy) is 1. The number of nitrogens with two attached hydrogens (primary N) is 1. The van der Waals surface area contributed by atoms with Crippen molar-refractivity contribution in [3.05, 3.63) is 0 Å². The van der Waals surface area contributed by atoms with Crippen LogP contribution in [0.4, 0.5) is 0 Å². The molecule has 0 aliphatic carbocycles. The Bertz CT molecular complexity index is 298. The van der Waals surface area contributed by atoms with E-state index in [2.05, 4.69) is 5.32 Å². The molecule has 1 rings (SSSR count). The lowest BCUT2D eigenvalue weighted by molar-refractivity contribution is -0.148. The molecule has 1 amide bonds. The molecular weight excluding hydrogens is 224 g/mol. The summed E-state index contributed by atoms with van der Waals surface area (Å²) in [5.41, 5.74) is 4.25. The summed E-state index contributed by atoms with van der Waals surface area (Å²) in [5.74, 6) is -1.65. The summed E-state index contributed by atoms with van der Waals surface area (Å²) in [4.78, 5) is 23.2. The van der Waals surface area contributed by atoms with E-state index in [0.717, 1.165) is 0 Å². The number of carbonyl (C=O) groups excluding carboxylic acids is 1. The molecule has 1 aliphatic heterocycles. The van der Waals surface area contributed by atoms with E-state index in [0.29, 0.717) is 13.0 Å². The standard InChI is InChI=1S/C11H20N2O4/c1-7(2)8(5-12)9(14)13-11(10(15)16)3-4-17-6-11/h7-8H,3-6,12H2,1-2H3,(H,13,14)(H,15,16). The monoisotopic (exact) mass is 244 g/mol. The third-order valence-corrected chi connectivity index (χ3v) is 3.19. The summed E-state index contributed by atoms with van der Waals surface area (Å²) < 4.78 is 5.07. The number of carbonyl (C=O) groups is 2. The number of carboxylic acid groups (broad SMARTS) is 1. The quantitative estimate of drug-likeness (QED) is 0.609.